The van der Waals surface area contributed by atoms with Gasteiger partial charge < -0.3 is 4.57 Å². The van der Waals surface area contributed by atoms with Crippen molar-refractivity contribution in [2.45, 2.75) is 0 Å². The summed E-state index contributed by atoms with van der Waals surface area (Å²) in [7, 11) is 1.75. The SMILES string of the molecule is [2H]c1cc2c(cc1F)c1cc(F)c([2H])cc1n2C. The van der Waals surface area contributed by atoms with E-state index < -0.39 is 11.6 Å². The summed E-state index contributed by atoms with van der Waals surface area (Å²) in [5.41, 5.74) is 1.31. The van der Waals surface area contributed by atoms with Gasteiger partial charge in [0.1, 0.15) is 11.6 Å². The minimum Gasteiger partial charge on any atom is -0.344 e. The quantitative estimate of drug-likeness (QED) is 0.544. The summed E-state index contributed by atoms with van der Waals surface area (Å²) in [5.74, 6) is -1.27. The average molecular weight is 219 g/mol. The summed E-state index contributed by atoms with van der Waals surface area (Å²) in [6.07, 6.45) is 0. The van der Waals surface area contributed by atoms with Gasteiger partial charge in [-0.1, -0.05) is 0 Å². The zero-order valence-electron chi connectivity index (χ0n) is 10.5. The first-order valence-electron chi connectivity index (χ1n) is 5.83. The van der Waals surface area contributed by atoms with Gasteiger partial charge in [-0.05, 0) is 36.4 Å². The van der Waals surface area contributed by atoms with Crippen molar-refractivity contribution in [1.29, 1.82) is 0 Å². The highest BCUT2D eigenvalue weighted by Crippen LogP contribution is 2.28. The van der Waals surface area contributed by atoms with Gasteiger partial charge in [0.05, 0.1) is 2.74 Å². The van der Waals surface area contributed by atoms with E-state index in [0.29, 0.717) is 21.8 Å². The van der Waals surface area contributed by atoms with Crippen molar-refractivity contribution in [3.63, 3.8) is 0 Å². The molecule has 3 heteroatoms. The molecule has 2 aromatic carbocycles. The molecule has 0 aliphatic heterocycles. The molecule has 16 heavy (non-hydrogen) atoms. The molecule has 0 fully saturated rings. The monoisotopic (exact) mass is 219 g/mol. The van der Waals surface area contributed by atoms with Gasteiger partial charge in [-0.2, -0.15) is 0 Å². The Hall–Kier alpha value is -1.90. The summed E-state index contributed by atoms with van der Waals surface area (Å²) in [5, 5.41) is 1.11. The molecule has 0 aliphatic carbocycles. The molecule has 0 amide bonds. The van der Waals surface area contributed by atoms with Crippen molar-refractivity contribution in [1.82, 2.24) is 4.57 Å². The highest BCUT2D eigenvalue weighted by molar-refractivity contribution is 6.07. The Morgan fingerprint density at radius 3 is 1.88 bits per heavy atom. The Morgan fingerprint density at radius 2 is 1.44 bits per heavy atom. The summed E-state index contributed by atoms with van der Waals surface area (Å²) in [4.78, 5) is 0. The van der Waals surface area contributed by atoms with E-state index in [1.807, 2.05) is 0 Å². The predicted molar refractivity (Wildman–Crippen MR) is 60.3 cm³/mol. The van der Waals surface area contributed by atoms with Crippen LogP contribution in [-0.4, -0.2) is 4.57 Å². The summed E-state index contributed by atoms with van der Waals surface area (Å²) >= 11 is 0. The summed E-state index contributed by atoms with van der Waals surface area (Å²) in [6, 6.07) is 4.91. The maximum atomic E-state index is 13.4. The lowest BCUT2D eigenvalue weighted by Gasteiger charge is -1.96. The molecule has 0 N–H and O–H groups in total. The fourth-order valence-corrected chi connectivity index (χ4v) is 2.03. The van der Waals surface area contributed by atoms with Crippen molar-refractivity contribution in [2.75, 3.05) is 0 Å². The molecule has 1 aromatic heterocycles. The number of aryl methyl sites for hydroxylation is 1. The molecule has 3 rings (SSSR count). The molecule has 0 radical (unpaired) electrons. The first-order valence-corrected chi connectivity index (χ1v) is 4.83. The van der Waals surface area contributed by atoms with Crippen LogP contribution in [0.5, 0.6) is 0 Å². The molecule has 0 spiro atoms. The molecule has 80 valence electrons. The number of hydrogen-bond acceptors (Lipinski definition) is 0. The first-order chi connectivity index (χ1) is 8.49. The molecule has 0 atom stereocenters. The van der Waals surface area contributed by atoms with E-state index in [4.69, 9.17) is 2.74 Å². The number of halogens is 2. The lowest BCUT2D eigenvalue weighted by Crippen LogP contribution is -1.86. The Morgan fingerprint density at radius 1 is 1.00 bits per heavy atom. The second-order valence-electron chi connectivity index (χ2n) is 3.72. The van der Waals surface area contributed by atoms with E-state index in [9.17, 15) is 8.78 Å². The fraction of sp³-hybridized carbons (Fsp3) is 0.0769. The Kier molecular flexibility index (Phi) is 1.41. The molecular weight excluding hydrogens is 208 g/mol. The fourth-order valence-electron chi connectivity index (χ4n) is 2.03. The van der Waals surface area contributed by atoms with Crippen molar-refractivity contribution < 1.29 is 11.5 Å². The molecule has 0 unspecified atom stereocenters. The van der Waals surface area contributed by atoms with E-state index in [2.05, 4.69) is 0 Å². The second-order valence-corrected chi connectivity index (χ2v) is 3.72. The third-order valence-electron chi connectivity index (χ3n) is 2.80. The largest absolute Gasteiger partial charge is 0.344 e. The standard InChI is InChI=1S/C13H9F2N/c1-16-12-4-2-8(14)6-10(12)11-7-9(15)3-5-13(11)16/h2-7H,1H3/i2D,3D. The minimum absolute atomic E-state index is 0.194. The van der Waals surface area contributed by atoms with Crippen LogP contribution in [0.4, 0.5) is 8.78 Å². The van der Waals surface area contributed by atoms with Crippen LogP contribution in [-0.2, 0) is 7.05 Å². The van der Waals surface area contributed by atoms with E-state index in [1.165, 1.54) is 24.3 Å². The van der Waals surface area contributed by atoms with Crippen molar-refractivity contribution >= 4 is 21.8 Å². The maximum Gasteiger partial charge on any atom is 0.123 e. The van der Waals surface area contributed by atoms with Crippen LogP contribution >= 0.6 is 0 Å². The van der Waals surface area contributed by atoms with Gasteiger partial charge in [-0.15, -0.1) is 0 Å². The van der Waals surface area contributed by atoms with Gasteiger partial charge in [0.15, 0.2) is 0 Å². The van der Waals surface area contributed by atoms with Crippen LogP contribution in [0, 0.1) is 11.6 Å². The van der Waals surface area contributed by atoms with Crippen LogP contribution in [0.3, 0.4) is 0 Å². The summed E-state index contributed by atoms with van der Waals surface area (Å²) < 4.78 is 43.5. The predicted octanol–water partition coefficient (Wildman–Crippen LogP) is 3.61. The van der Waals surface area contributed by atoms with E-state index >= 15 is 0 Å². The molecule has 0 bridgehead atoms. The smallest absolute Gasteiger partial charge is 0.123 e. The lowest BCUT2D eigenvalue weighted by atomic mass is 10.1. The highest BCUT2D eigenvalue weighted by Gasteiger charge is 2.09. The Labute approximate surface area is 93.7 Å². The number of aromatic nitrogens is 1. The van der Waals surface area contributed by atoms with Crippen LogP contribution in [0.2, 0.25) is 0 Å². The third-order valence-corrected chi connectivity index (χ3v) is 2.80. The Balaban J connectivity index is 2.58. The highest BCUT2D eigenvalue weighted by atomic mass is 19.1. The van der Waals surface area contributed by atoms with Gasteiger partial charge in [0.2, 0.25) is 0 Å². The first kappa shape index (κ1) is 7.39. The zero-order chi connectivity index (χ0) is 13.0. The topological polar surface area (TPSA) is 4.93 Å². The van der Waals surface area contributed by atoms with E-state index in [1.54, 1.807) is 11.6 Å². The molecule has 0 saturated carbocycles. The number of rotatable bonds is 0. The Bertz CT molecular complexity index is 728. The maximum absolute atomic E-state index is 13.4. The van der Waals surface area contributed by atoms with Crippen molar-refractivity contribution in [3.8, 4) is 0 Å². The van der Waals surface area contributed by atoms with E-state index in [0.717, 1.165) is 0 Å². The summed E-state index contributed by atoms with van der Waals surface area (Å²) in [6.45, 7) is 0. The van der Waals surface area contributed by atoms with Crippen LogP contribution in [0.15, 0.2) is 36.4 Å². The van der Waals surface area contributed by atoms with Crippen molar-refractivity contribution in [3.05, 3.63) is 48.0 Å². The lowest BCUT2D eigenvalue weighted by molar-refractivity contribution is 0.628. The van der Waals surface area contributed by atoms with Gasteiger partial charge in [-0.3, -0.25) is 0 Å². The van der Waals surface area contributed by atoms with Crippen LogP contribution < -0.4 is 0 Å². The minimum atomic E-state index is -0.634. The molecule has 1 nitrogen and oxygen atoms in total. The number of hydrogen-bond donors (Lipinski definition) is 0. The van der Waals surface area contributed by atoms with Gasteiger partial charge >= 0.3 is 0 Å². The average Bonchev–Trinajstić information content (AvgIpc) is 2.56. The molecular formula is C13H9F2N. The molecule has 1 heterocycles. The molecule has 0 saturated heterocycles. The van der Waals surface area contributed by atoms with Crippen molar-refractivity contribution in [2.24, 2.45) is 7.05 Å². The zero-order valence-corrected chi connectivity index (χ0v) is 8.51. The third kappa shape index (κ3) is 1.14. The van der Waals surface area contributed by atoms with Gasteiger partial charge in [-0.25, -0.2) is 8.78 Å². The van der Waals surface area contributed by atoms with Crippen LogP contribution in [0.25, 0.3) is 21.8 Å². The normalized spacial score (nSPS) is 13.2. The second kappa shape index (κ2) is 3.04. The number of fused-ring (bicyclic) bond motifs is 3. The van der Waals surface area contributed by atoms with E-state index in [-0.39, 0.29) is 12.1 Å². The van der Waals surface area contributed by atoms with Gasteiger partial charge in [0, 0.05) is 28.9 Å². The number of nitrogens with zero attached hydrogens (tertiary/aromatic N) is 1. The number of benzene rings is 2. The molecule has 0 aliphatic rings. The molecule has 3 aromatic rings. The van der Waals surface area contributed by atoms with Gasteiger partial charge in [0.25, 0.3) is 0 Å². The van der Waals surface area contributed by atoms with Crippen LogP contribution in [0.1, 0.15) is 2.74 Å².